The van der Waals surface area contributed by atoms with E-state index in [-0.39, 0.29) is 33.1 Å². The fraction of sp³-hybridized carbons (Fsp3) is 0.310. The monoisotopic (exact) mass is 623 g/mol. The Labute approximate surface area is 251 Å². The molecule has 0 unspecified atom stereocenters. The number of hydrogen-bond acceptors (Lipinski definition) is 4. The van der Waals surface area contributed by atoms with Crippen LogP contribution in [0, 0.1) is 6.92 Å². The average Bonchev–Trinajstić information content (AvgIpc) is 2.86. The number of anilines is 1. The second-order valence-corrected chi connectivity index (χ2v) is 13.6. The van der Waals surface area contributed by atoms with Gasteiger partial charge in [-0.15, -0.1) is 0 Å². The van der Waals surface area contributed by atoms with Crippen LogP contribution in [0.1, 0.15) is 38.8 Å². The first-order valence-electron chi connectivity index (χ1n) is 12.5. The van der Waals surface area contributed by atoms with Crippen LogP contribution >= 0.6 is 34.8 Å². The summed E-state index contributed by atoms with van der Waals surface area (Å²) in [5.74, 6) is -0.983. The number of sulfonamides is 1. The highest BCUT2D eigenvalue weighted by atomic mass is 35.5. The number of amides is 2. The van der Waals surface area contributed by atoms with Crippen molar-refractivity contribution in [3.05, 3.63) is 92.9 Å². The number of aryl methyl sites for hydroxylation is 1. The molecule has 0 saturated heterocycles. The number of nitrogens with one attached hydrogen (secondary N) is 1. The maximum Gasteiger partial charge on any atom is 0.264 e. The number of halogens is 3. The van der Waals surface area contributed by atoms with Crippen LogP contribution in [0.4, 0.5) is 5.69 Å². The number of benzene rings is 3. The molecule has 0 aromatic heterocycles. The molecule has 0 fully saturated rings. The van der Waals surface area contributed by atoms with Gasteiger partial charge in [0, 0.05) is 17.1 Å². The van der Waals surface area contributed by atoms with Crippen molar-refractivity contribution in [2.45, 2.75) is 57.6 Å². The fourth-order valence-electron chi connectivity index (χ4n) is 3.90. The van der Waals surface area contributed by atoms with Gasteiger partial charge in [0.1, 0.15) is 12.6 Å². The van der Waals surface area contributed by atoms with Crippen LogP contribution in [0.3, 0.4) is 0 Å². The molecule has 0 radical (unpaired) electrons. The number of carbonyl (C=O) groups excluding carboxylic acids is 2. The molecule has 1 N–H and O–H groups in total. The fourth-order valence-corrected chi connectivity index (χ4v) is 5.81. The van der Waals surface area contributed by atoms with E-state index in [1.807, 2.05) is 27.7 Å². The van der Waals surface area contributed by atoms with Crippen LogP contribution in [0.2, 0.25) is 15.1 Å². The van der Waals surface area contributed by atoms with E-state index in [0.29, 0.717) is 10.6 Å². The Bertz CT molecular complexity index is 1490. The number of rotatable bonds is 9. The average molecular weight is 625 g/mol. The van der Waals surface area contributed by atoms with Crippen molar-refractivity contribution in [2.24, 2.45) is 0 Å². The first-order chi connectivity index (χ1) is 18.6. The van der Waals surface area contributed by atoms with Crippen molar-refractivity contribution >= 4 is 62.3 Å². The third-order valence-electron chi connectivity index (χ3n) is 5.99. The molecule has 0 aliphatic carbocycles. The van der Waals surface area contributed by atoms with Crippen LogP contribution in [0.5, 0.6) is 0 Å². The van der Waals surface area contributed by atoms with E-state index in [2.05, 4.69) is 5.32 Å². The minimum atomic E-state index is -4.22. The summed E-state index contributed by atoms with van der Waals surface area (Å²) in [6.07, 6.45) is 0. The minimum Gasteiger partial charge on any atom is -0.350 e. The van der Waals surface area contributed by atoms with Crippen LogP contribution in [0.25, 0.3) is 0 Å². The Morgan fingerprint density at radius 1 is 0.925 bits per heavy atom. The van der Waals surface area contributed by atoms with Crippen molar-refractivity contribution in [1.29, 1.82) is 0 Å². The minimum absolute atomic E-state index is 0.00288. The van der Waals surface area contributed by atoms with Gasteiger partial charge in [0.25, 0.3) is 10.0 Å². The molecule has 0 saturated carbocycles. The maximum atomic E-state index is 14.0. The highest BCUT2D eigenvalue weighted by Gasteiger charge is 2.33. The normalized spacial score (nSPS) is 12.5. The third kappa shape index (κ3) is 8.13. The molecule has 3 aromatic rings. The molecule has 0 aliphatic heterocycles. The van der Waals surface area contributed by atoms with Gasteiger partial charge in [-0.25, -0.2) is 8.42 Å². The molecular formula is C29H32Cl3N3O4S. The molecule has 40 heavy (non-hydrogen) atoms. The SMILES string of the molecule is Cc1ccc(S(=O)(=O)N(CC(=O)N(Cc2cccc(Cl)c2)[C@H](C)C(=O)NC(C)(C)C)c2ccc(Cl)c(Cl)c2)cc1. The first kappa shape index (κ1) is 31.7. The second-order valence-electron chi connectivity index (χ2n) is 10.5. The van der Waals surface area contributed by atoms with Gasteiger partial charge in [-0.05, 0) is 82.6 Å². The Kier molecular flexibility index (Phi) is 10.2. The largest absolute Gasteiger partial charge is 0.350 e. The van der Waals surface area contributed by atoms with Crippen LogP contribution in [-0.4, -0.2) is 43.3 Å². The number of carbonyl (C=O) groups is 2. The Morgan fingerprint density at radius 2 is 1.57 bits per heavy atom. The van der Waals surface area contributed by atoms with E-state index in [1.165, 1.54) is 35.2 Å². The summed E-state index contributed by atoms with van der Waals surface area (Å²) in [6, 6.07) is 16.6. The molecule has 2 amide bonds. The summed E-state index contributed by atoms with van der Waals surface area (Å²) in [4.78, 5) is 28.4. The highest BCUT2D eigenvalue weighted by Crippen LogP contribution is 2.31. The lowest BCUT2D eigenvalue weighted by Gasteiger charge is -2.33. The lowest BCUT2D eigenvalue weighted by atomic mass is 10.1. The van der Waals surface area contributed by atoms with Gasteiger partial charge in [0.2, 0.25) is 11.8 Å². The molecule has 3 rings (SSSR count). The Balaban J connectivity index is 2.07. The quantitative estimate of drug-likeness (QED) is 0.295. The van der Waals surface area contributed by atoms with Crippen LogP contribution in [0.15, 0.2) is 71.6 Å². The number of nitrogens with zero attached hydrogens (tertiary/aromatic N) is 2. The second kappa shape index (κ2) is 12.8. The molecule has 7 nitrogen and oxygen atoms in total. The standard InChI is InChI=1S/C29H32Cl3N3O4S/c1-19-9-12-24(13-10-19)40(38,39)35(23-11-14-25(31)26(32)16-23)18-27(36)34(17-21-7-6-8-22(30)15-21)20(2)28(37)33-29(3,4)5/h6-16,20H,17-18H2,1-5H3,(H,33,37)/t20-/m1/s1. The van der Waals surface area contributed by atoms with Gasteiger partial charge >= 0.3 is 0 Å². The molecule has 214 valence electrons. The van der Waals surface area contributed by atoms with Crippen molar-refractivity contribution in [2.75, 3.05) is 10.8 Å². The summed E-state index contributed by atoms with van der Waals surface area (Å²) in [6.45, 7) is 8.37. The first-order valence-corrected chi connectivity index (χ1v) is 15.1. The third-order valence-corrected chi connectivity index (χ3v) is 8.75. The summed E-state index contributed by atoms with van der Waals surface area (Å²) >= 11 is 18.5. The molecule has 1 atom stereocenters. The lowest BCUT2D eigenvalue weighted by Crippen LogP contribution is -2.54. The van der Waals surface area contributed by atoms with E-state index in [4.69, 9.17) is 34.8 Å². The van der Waals surface area contributed by atoms with E-state index in [9.17, 15) is 18.0 Å². The predicted octanol–water partition coefficient (Wildman–Crippen LogP) is 6.48. The zero-order valence-corrected chi connectivity index (χ0v) is 26.0. The van der Waals surface area contributed by atoms with Crippen LogP contribution in [-0.2, 0) is 26.2 Å². The van der Waals surface area contributed by atoms with Gasteiger partial charge in [0.05, 0.1) is 20.6 Å². The van der Waals surface area contributed by atoms with E-state index in [0.717, 1.165) is 9.87 Å². The van der Waals surface area contributed by atoms with Gasteiger partial charge in [-0.3, -0.25) is 13.9 Å². The molecular weight excluding hydrogens is 593 g/mol. The summed E-state index contributed by atoms with van der Waals surface area (Å²) in [5, 5.41) is 3.72. The Morgan fingerprint density at radius 3 is 2.15 bits per heavy atom. The van der Waals surface area contributed by atoms with E-state index >= 15 is 0 Å². The Hall–Kier alpha value is -2.78. The van der Waals surface area contributed by atoms with Crippen molar-refractivity contribution in [3.8, 4) is 0 Å². The molecule has 0 bridgehead atoms. The smallest absolute Gasteiger partial charge is 0.264 e. The van der Waals surface area contributed by atoms with Gasteiger partial charge in [-0.2, -0.15) is 0 Å². The van der Waals surface area contributed by atoms with Crippen LogP contribution < -0.4 is 9.62 Å². The summed E-state index contributed by atoms with van der Waals surface area (Å²) < 4.78 is 28.7. The zero-order valence-electron chi connectivity index (χ0n) is 22.9. The van der Waals surface area contributed by atoms with Crippen molar-refractivity contribution in [1.82, 2.24) is 10.2 Å². The lowest BCUT2D eigenvalue weighted by molar-refractivity contribution is -0.140. The molecule has 11 heteroatoms. The molecule has 0 spiro atoms. The molecule has 0 aliphatic rings. The van der Waals surface area contributed by atoms with E-state index in [1.54, 1.807) is 43.3 Å². The van der Waals surface area contributed by atoms with Gasteiger partial charge < -0.3 is 10.2 Å². The van der Waals surface area contributed by atoms with Crippen molar-refractivity contribution in [3.63, 3.8) is 0 Å². The summed E-state index contributed by atoms with van der Waals surface area (Å²) in [7, 11) is -4.22. The number of hydrogen-bond donors (Lipinski definition) is 1. The topological polar surface area (TPSA) is 86.8 Å². The predicted molar refractivity (Wildman–Crippen MR) is 162 cm³/mol. The molecule has 0 heterocycles. The van der Waals surface area contributed by atoms with Crippen molar-refractivity contribution < 1.29 is 18.0 Å². The van der Waals surface area contributed by atoms with Gasteiger partial charge in [-0.1, -0.05) is 64.6 Å². The maximum absolute atomic E-state index is 14.0. The van der Waals surface area contributed by atoms with Gasteiger partial charge in [0.15, 0.2) is 0 Å². The highest BCUT2D eigenvalue weighted by molar-refractivity contribution is 7.92. The zero-order chi connectivity index (χ0) is 29.8. The summed E-state index contributed by atoms with van der Waals surface area (Å²) in [5.41, 5.74) is 1.16. The molecule has 3 aromatic carbocycles. The van der Waals surface area contributed by atoms with E-state index < -0.39 is 34.1 Å².